The van der Waals surface area contributed by atoms with Gasteiger partial charge in [0.15, 0.2) is 0 Å². The molecule has 21 heavy (non-hydrogen) atoms. The molecule has 1 aromatic carbocycles. The van der Waals surface area contributed by atoms with Gasteiger partial charge in [-0.05, 0) is 30.3 Å². The van der Waals surface area contributed by atoms with Crippen LogP contribution in [0.5, 0.6) is 0 Å². The first-order valence-corrected chi connectivity index (χ1v) is 7.47. The SMILES string of the molecule is Cn1cccc1C(=O)NC(=O)CSc1ccc(N)c(Cl)c1. The summed E-state index contributed by atoms with van der Waals surface area (Å²) in [4.78, 5) is 24.4. The van der Waals surface area contributed by atoms with E-state index >= 15 is 0 Å². The number of nitrogens with zero attached hydrogens (tertiary/aromatic N) is 1. The van der Waals surface area contributed by atoms with Gasteiger partial charge < -0.3 is 10.3 Å². The van der Waals surface area contributed by atoms with Gasteiger partial charge in [-0.1, -0.05) is 11.6 Å². The van der Waals surface area contributed by atoms with Crippen LogP contribution in [0.2, 0.25) is 5.02 Å². The van der Waals surface area contributed by atoms with Gasteiger partial charge in [-0.15, -0.1) is 11.8 Å². The van der Waals surface area contributed by atoms with E-state index in [1.54, 1.807) is 48.1 Å². The second-order valence-electron chi connectivity index (χ2n) is 4.35. The lowest BCUT2D eigenvalue weighted by molar-refractivity contribution is -0.117. The lowest BCUT2D eigenvalue weighted by Crippen LogP contribution is -2.32. The minimum Gasteiger partial charge on any atom is -0.398 e. The zero-order valence-corrected chi connectivity index (χ0v) is 12.9. The van der Waals surface area contributed by atoms with Crippen LogP contribution in [0.4, 0.5) is 5.69 Å². The fraction of sp³-hybridized carbons (Fsp3) is 0.143. The summed E-state index contributed by atoms with van der Waals surface area (Å²) in [5.74, 6) is -0.654. The number of halogens is 1. The van der Waals surface area contributed by atoms with Crippen LogP contribution in [0.3, 0.4) is 0 Å². The molecule has 0 unspecified atom stereocenters. The second kappa shape index (κ2) is 6.69. The monoisotopic (exact) mass is 323 g/mol. The number of nitrogens with two attached hydrogens (primary N) is 1. The molecule has 2 aromatic rings. The van der Waals surface area contributed by atoms with Crippen molar-refractivity contribution in [3.05, 3.63) is 47.2 Å². The van der Waals surface area contributed by atoms with E-state index in [9.17, 15) is 9.59 Å². The molecule has 0 fully saturated rings. The van der Waals surface area contributed by atoms with Crippen LogP contribution in [0.25, 0.3) is 0 Å². The number of aryl methyl sites for hydroxylation is 1. The van der Waals surface area contributed by atoms with Crippen molar-refractivity contribution in [3.8, 4) is 0 Å². The van der Waals surface area contributed by atoms with E-state index in [1.807, 2.05) is 0 Å². The number of hydrogen-bond donors (Lipinski definition) is 2. The van der Waals surface area contributed by atoms with Gasteiger partial charge in [-0.2, -0.15) is 0 Å². The molecule has 0 radical (unpaired) electrons. The number of nitrogens with one attached hydrogen (secondary N) is 1. The van der Waals surface area contributed by atoms with Crippen molar-refractivity contribution in [1.82, 2.24) is 9.88 Å². The van der Waals surface area contributed by atoms with Crippen LogP contribution in [0.1, 0.15) is 10.5 Å². The van der Waals surface area contributed by atoms with Crippen molar-refractivity contribution in [2.24, 2.45) is 7.05 Å². The Bertz CT molecular complexity index is 685. The molecule has 3 N–H and O–H groups in total. The Hall–Kier alpha value is -1.92. The fourth-order valence-corrected chi connectivity index (χ4v) is 2.65. The molecule has 0 aliphatic heterocycles. The average molecular weight is 324 g/mol. The summed E-state index contributed by atoms with van der Waals surface area (Å²) >= 11 is 7.19. The minimum atomic E-state index is -0.413. The molecule has 0 spiro atoms. The number of carbonyl (C=O) groups is 2. The number of rotatable bonds is 4. The number of nitrogen functional groups attached to an aromatic ring is 1. The highest BCUT2D eigenvalue weighted by molar-refractivity contribution is 8.00. The predicted octanol–water partition coefficient (Wildman–Crippen LogP) is 2.31. The zero-order valence-electron chi connectivity index (χ0n) is 11.3. The topological polar surface area (TPSA) is 77.1 Å². The summed E-state index contributed by atoms with van der Waals surface area (Å²) in [6, 6.07) is 8.53. The molecule has 110 valence electrons. The summed E-state index contributed by atoms with van der Waals surface area (Å²) < 4.78 is 1.65. The summed E-state index contributed by atoms with van der Waals surface area (Å²) in [6.07, 6.45) is 1.74. The Morgan fingerprint density at radius 1 is 1.38 bits per heavy atom. The lowest BCUT2D eigenvalue weighted by Gasteiger charge is -2.06. The highest BCUT2D eigenvalue weighted by atomic mass is 35.5. The average Bonchev–Trinajstić information content (AvgIpc) is 2.86. The Morgan fingerprint density at radius 2 is 2.14 bits per heavy atom. The predicted molar refractivity (Wildman–Crippen MR) is 84.5 cm³/mol. The van der Waals surface area contributed by atoms with Gasteiger partial charge in [0.05, 0.1) is 16.5 Å². The molecule has 0 saturated heterocycles. The van der Waals surface area contributed by atoms with E-state index in [1.165, 1.54) is 11.8 Å². The van der Waals surface area contributed by atoms with E-state index in [-0.39, 0.29) is 11.7 Å². The molecule has 0 atom stereocenters. The molecule has 0 aliphatic carbocycles. The first-order chi connectivity index (χ1) is 9.97. The minimum absolute atomic E-state index is 0.121. The van der Waals surface area contributed by atoms with Gasteiger partial charge in [0.1, 0.15) is 5.69 Å². The third kappa shape index (κ3) is 4.03. The quantitative estimate of drug-likeness (QED) is 0.668. The number of thioether (sulfide) groups is 1. The van der Waals surface area contributed by atoms with Crippen LogP contribution < -0.4 is 11.1 Å². The number of anilines is 1. The molecule has 5 nitrogen and oxygen atoms in total. The Labute approximate surface area is 131 Å². The maximum atomic E-state index is 11.8. The van der Waals surface area contributed by atoms with Crippen molar-refractivity contribution in [2.45, 2.75) is 4.90 Å². The normalized spacial score (nSPS) is 10.4. The molecule has 2 amide bonds. The van der Waals surface area contributed by atoms with Gasteiger partial charge >= 0.3 is 0 Å². The molecule has 1 aromatic heterocycles. The Balaban J connectivity index is 1.89. The van der Waals surface area contributed by atoms with Crippen LogP contribution in [0.15, 0.2) is 41.4 Å². The van der Waals surface area contributed by atoms with Gasteiger partial charge in [0.2, 0.25) is 5.91 Å². The molecule has 7 heteroatoms. The zero-order chi connectivity index (χ0) is 15.4. The van der Waals surface area contributed by atoms with Crippen molar-refractivity contribution >= 4 is 40.9 Å². The smallest absolute Gasteiger partial charge is 0.274 e. The van der Waals surface area contributed by atoms with E-state index in [4.69, 9.17) is 17.3 Å². The first kappa shape index (κ1) is 15.5. The maximum Gasteiger partial charge on any atom is 0.274 e. The Kier molecular flexibility index (Phi) is 4.93. The second-order valence-corrected chi connectivity index (χ2v) is 5.81. The molecular weight excluding hydrogens is 310 g/mol. The fourth-order valence-electron chi connectivity index (χ4n) is 1.67. The third-order valence-electron chi connectivity index (χ3n) is 2.77. The summed E-state index contributed by atoms with van der Waals surface area (Å²) in [6.45, 7) is 0. The van der Waals surface area contributed by atoms with Crippen LogP contribution in [-0.2, 0) is 11.8 Å². The molecule has 1 heterocycles. The van der Waals surface area contributed by atoms with Crippen LogP contribution in [-0.4, -0.2) is 22.1 Å². The van der Waals surface area contributed by atoms with Crippen molar-refractivity contribution in [3.63, 3.8) is 0 Å². The van der Waals surface area contributed by atoms with Gasteiger partial charge in [0.25, 0.3) is 5.91 Å². The van der Waals surface area contributed by atoms with E-state index in [0.29, 0.717) is 16.4 Å². The van der Waals surface area contributed by atoms with Crippen molar-refractivity contribution in [1.29, 1.82) is 0 Å². The summed E-state index contributed by atoms with van der Waals surface area (Å²) in [5.41, 5.74) is 6.54. The number of carbonyl (C=O) groups excluding carboxylic acids is 2. The molecule has 0 bridgehead atoms. The van der Waals surface area contributed by atoms with Crippen molar-refractivity contribution in [2.75, 3.05) is 11.5 Å². The molecule has 0 saturated carbocycles. The number of benzene rings is 1. The van der Waals surface area contributed by atoms with Gasteiger partial charge in [0, 0.05) is 18.1 Å². The van der Waals surface area contributed by atoms with Gasteiger partial charge in [-0.3, -0.25) is 14.9 Å². The van der Waals surface area contributed by atoms with E-state index in [2.05, 4.69) is 5.32 Å². The molecule has 2 rings (SSSR count). The van der Waals surface area contributed by atoms with E-state index in [0.717, 1.165) is 4.90 Å². The number of hydrogen-bond acceptors (Lipinski definition) is 4. The summed E-state index contributed by atoms with van der Waals surface area (Å²) in [7, 11) is 1.74. The van der Waals surface area contributed by atoms with Crippen LogP contribution in [0, 0.1) is 0 Å². The molecular formula is C14H14ClN3O2S. The lowest BCUT2D eigenvalue weighted by atomic mass is 10.3. The van der Waals surface area contributed by atoms with Crippen LogP contribution >= 0.6 is 23.4 Å². The van der Waals surface area contributed by atoms with E-state index < -0.39 is 5.91 Å². The highest BCUT2D eigenvalue weighted by Crippen LogP contribution is 2.26. The number of amides is 2. The Morgan fingerprint density at radius 3 is 2.76 bits per heavy atom. The summed E-state index contributed by atoms with van der Waals surface area (Å²) in [5, 5.41) is 2.79. The maximum absolute atomic E-state index is 11.8. The highest BCUT2D eigenvalue weighted by Gasteiger charge is 2.13. The molecule has 0 aliphatic rings. The first-order valence-electron chi connectivity index (χ1n) is 6.10. The number of imide groups is 1. The van der Waals surface area contributed by atoms with Gasteiger partial charge in [-0.25, -0.2) is 0 Å². The standard InChI is InChI=1S/C14H14ClN3O2S/c1-18-6-2-3-12(18)14(20)17-13(19)8-21-9-4-5-11(16)10(15)7-9/h2-7H,8,16H2,1H3,(H,17,19,20). The van der Waals surface area contributed by atoms with Crippen molar-refractivity contribution < 1.29 is 9.59 Å². The number of aromatic nitrogens is 1. The third-order valence-corrected chi connectivity index (χ3v) is 4.09. The largest absolute Gasteiger partial charge is 0.398 e.